The summed E-state index contributed by atoms with van der Waals surface area (Å²) in [5, 5.41) is 5.96. The maximum Gasteiger partial charge on any atom is 0.336 e. The molecule has 0 radical (unpaired) electrons. The van der Waals surface area contributed by atoms with Crippen LogP contribution in [0.4, 0.5) is 0 Å². The molecule has 6 nitrogen and oxygen atoms in total. The van der Waals surface area contributed by atoms with Gasteiger partial charge >= 0.3 is 5.63 Å². The van der Waals surface area contributed by atoms with Gasteiger partial charge in [0.25, 0.3) is 5.78 Å². The number of ketones is 1. The molecule has 0 spiro atoms. The number of fused-ring (bicyclic) bond motifs is 3. The number of hydrogen-bond acceptors (Lipinski definition) is 6. The van der Waals surface area contributed by atoms with Crippen molar-refractivity contribution in [1.82, 2.24) is 5.16 Å². The Balaban J connectivity index is 1.58. The Hall–Kier alpha value is -4.42. The van der Waals surface area contributed by atoms with E-state index in [1.165, 1.54) is 6.07 Å². The second-order valence-corrected chi connectivity index (χ2v) is 8.58. The number of halogens is 1. The van der Waals surface area contributed by atoms with Gasteiger partial charge in [-0.1, -0.05) is 59.2 Å². The maximum absolute atomic E-state index is 13.6. The molecular weight excluding hydrogens is 466 g/mol. The van der Waals surface area contributed by atoms with Gasteiger partial charge in [0.1, 0.15) is 16.9 Å². The highest BCUT2D eigenvalue weighted by Gasteiger charge is 2.28. The number of carbonyl (C=O) groups excluding carboxylic acids is 1. The number of nitrogens with zero attached hydrogens (tertiary/aromatic N) is 1. The first-order valence-corrected chi connectivity index (χ1v) is 11.2. The number of furan rings is 1. The van der Waals surface area contributed by atoms with Crippen LogP contribution in [0.3, 0.4) is 0 Å². The summed E-state index contributed by atoms with van der Waals surface area (Å²) in [5.41, 5.74) is 3.60. The predicted molar refractivity (Wildman–Crippen MR) is 133 cm³/mol. The molecule has 3 aromatic carbocycles. The van der Waals surface area contributed by atoms with Crippen LogP contribution in [-0.4, -0.2) is 10.9 Å². The molecule has 0 saturated heterocycles. The number of aryl methyl sites for hydroxylation is 1. The molecule has 0 unspecified atom stereocenters. The van der Waals surface area contributed by atoms with Gasteiger partial charge in [0, 0.05) is 33.7 Å². The van der Waals surface area contributed by atoms with Crippen molar-refractivity contribution in [2.75, 3.05) is 0 Å². The van der Waals surface area contributed by atoms with Gasteiger partial charge < -0.3 is 13.4 Å². The molecule has 0 fully saturated rings. The minimum atomic E-state index is -0.476. The molecule has 0 atom stereocenters. The Morgan fingerprint density at radius 2 is 1.66 bits per heavy atom. The lowest BCUT2D eigenvalue weighted by atomic mass is 9.97. The van der Waals surface area contributed by atoms with Crippen LogP contribution < -0.4 is 5.63 Å². The monoisotopic (exact) mass is 481 g/mol. The molecule has 3 aromatic heterocycles. The summed E-state index contributed by atoms with van der Waals surface area (Å²) >= 11 is 5.97. The van der Waals surface area contributed by atoms with E-state index in [0.29, 0.717) is 32.8 Å². The average Bonchev–Trinajstić information content (AvgIpc) is 3.50. The fourth-order valence-corrected chi connectivity index (χ4v) is 4.38. The topological polar surface area (TPSA) is 86.5 Å². The van der Waals surface area contributed by atoms with Crippen LogP contribution in [0.5, 0.6) is 0 Å². The first kappa shape index (κ1) is 21.1. The highest BCUT2D eigenvalue weighted by molar-refractivity contribution is 6.30. The Bertz CT molecular complexity index is 1790. The molecule has 7 heteroatoms. The van der Waals surface area contributed by atoms with Crippen LogP contribution in [0.2, 0.25) is 5.02 Å². The summed E-state index contributed by atoms with van der Waals surface area (Å²) in [6.45, 7) is 1.84. The van der Waals surface area contributed by atoms with Gasteiger partial charge in [-0.2, -0.15) is 0 Å². The largest absolute Gasteiger partial charge is 0.452 e. The number of benzene rings is 3. The lowest BCUT2D eigenvalue weighted by Crippen LogP contribution is -2.00. The number of carbonyl (C=O) groups is 1. The quantitative estimate of drug-likeness (QED) is 0.198. The summed E-state index contributed by atoms with van der Waals surface area (Å²) in [6, 6.07) is 23.0. The van der Waals surface area contributed by atoms with Gasteiger partial charge in [-0.05, 0) is 42.3 Å². The molecule has 0 bridgehead atoms. The molecule has 6 aromatic rings. The summed E-state index contributed by atoms with van der Waals surface area (Å²) in [7, 11) is 0. The first-order chi connectivity index (χ1) is 17.0. The third-order valence-corrected chi connectivity index (χ3v) is 6.16. The highest BCUT2D eigenvalue weighted by Crippen LogP contribution is 2.40. The SMILES string of the molecule is Cc1cc(=O)oc2c1ccc1oc(C(=O)c3cc(-c4ccc(Cl)cc4)no3)c(-c3ccccc3)c12. The number of rotatable bonds is 4. The Labute approximate surface area is 203 Å². The maximum atomic E-state index is 13.6. The summed E-state index contributed by atoms with van der Waals surface area (Å²) in [6.07, 6.45) is 0. The number of aromatic nitrogens is 1. The van der Waals surface area contributed by atoms with E-state index in [2.05, 4.69) is 5.16 Å². The van der Waals surface area contributed by atoms with E-state index in [4.69, 9.17) is 25.0 Å². The number of hydrogen-bond donors (Lipinski definition) is 0. The van der Waals surface area contributed by atoms with Gasteiger partial charge in [0.2, 0.25) is 5.76 Å². The lowest BCUT2D eigenvalue weighted by molar-refractivity contribution is 0.0977. The van der Waals surface area contributed by atoms with Crippen molar-refractivity contribution in [2.24, 2.45) is 0 Å². The van der Waals surface area contributed by atoms with E-state index in [1.54, 1.807) is 36.4 Å². The van der Waals surface area contributed by atoms with Crippen molar-refractivity contribution < 1.29 is 18.2 Å². The van der Waals surface area contributed by atoms with Crippen LogP contribution >= 0.6 is 11.6 Å². The molecule has 0 aliphatic carbocycles. The van der Waals surface area contributed by atoms with E-state index in [1.807, 2.05) is 43.3 Å². The summed E-state index contributed by atoms with van der Waals surface area (Å²) in [5.74, 6) is -0.384. The fourth-order valence-electron chi connectivity index (χ4n) is 4.25. The molecule has 0 aliphatic rings. The molecule has 0 saturated carbocycles. The van der Waals surface area contributed by atoms with Gasteiger partial charge in [0.05, 0.1) is 5.39 Å². The van der Waals surface area contributed by atoms with Crippen LogP contribution in [-0.2, 0) is 0 Å². The van der Waals surface area contributed by atoms with Crippen molar-refractivity contribution in [3.63, 3.8) is 0 Å². The van der Waals surface area contributed by atoms with Gasteiger partial charge in [-0.3, -0.25) is 4.79 Å². The molecule has 6 rings (SSSR count). The molecule has 0 amide bonds. The van der Waals surface area contributed by atoms with Gasteiger partial charge in [0.15, 0.2) is 5.76 Å². The normalized spacial score (nSPS) is 11.4. The molecule has 3 heterocycles. The van der Waals surface area contributed by atoms with Gasteiger partial charge in [-0.15, -0.1) is 0 Å². The van der Waals surface area contributed by atoms with E-state index in [-0.39, 0.29) is 11.5 Å². The Morgan fingerprint density at radius 3 is 2.43 bits per heavy atom. The summed E-state index contributed by atoms with van der Waals surface area (Å²) in [4.78, 5) is 25.9. The predicted octanol–water partition coefficient (Wildman–Crippen LogP) is 7.05. The minimum absolute atomic E-state index is 0.0214. The van der Waals surface area contributed by atoms with Crippen LogP contribution in [0.1, 0.15) is 21.9 Å². The van der Waals surface area contributed by atoms with Crippen molar-refractivity contribution in [2.45, 2.75) is 6.92 Å². The molecule has 0 N–H and O–H groups in total. The van der Waals surface area contributed by atoms with E-state index < -0.39 is 11.4 Å². The molecule has 170 valence electrons. The second kappa shape index (κ2) is 8.11. The first-order valence-electron chi connectivity index (χ1n) is 10.8. The van der Waals surface area contributed by atoms with Crippen molar-refractivity contribution in [3.05, 3.63) is 111 Å². The lowest BCUT2D eigenvalue weighted by Gasteiger charge is -2.04. The highest BCUT2D eigenvalue weighted by atomic mass is 35.5. The minimum Gasteiger partial charge on any atom is -0.452 e. The Kier molecular flexibility index (Phi) is 4.90. The van der Waals surface area contributed by atoms with E-state index in [0.717, 1.165) is 22.1 Å². The van der Waals surface area contributed by atoms with Crippen molar-refractivity contribution in [1.29, 1.82) is 0 Å². The standard InChI is InChI=1S/C28H16ClNO5/c1-15-13-23(31)34-27-19(15)11-12-21-25(27)24(17-5-3-2-4-6-17)28(33-21)26(32)22-14-20(30-35-22)16-7-9-18(29)10-8-16/h2-14H,1H3. The third-order valence-electron chi connectivity index (χ3n) is 5.91. The Morgan fingerprint density at radius 1 is 0.886 bits per heavy atom. The van der Waals surface area contributed by atoms with Gasteiger partial charge in [-0.25, -0.2) is 4.79 Å². The van der Waals surface area contributed by atoms with Crippen molar-refractivity contribution >= 4 is 39.3 Å². The van der Waals surface area contributed by atoms with Crippen LogP contribution in [0.15, 0.2) is 97.0 Å². The smallest absolute Gasteiger partial charge is 0.336 e. The van der Waals surface area contributed by atoms with E-state index in [9.17, 15) is 9.59 Å². The molecule has 35 heavy (non-hydrogen) atoms. The summed E-state index contributed by atoms with van der Waals surface area (Å²) < 4.78 is 17.1. The zero-order valence-electron chi connectivity index (χ0n) is 18.4. The molecule has 0 aliphatic heterocycles. The third kappa shape index (κ3) is 3.55. The second-order valence-electron chi connectivity index (χ2n) is 8.15. The zero-order valence-corrected chi connectivity index (χ0v) is 19.1. The van der Waals surface area contributed by atoms with Crippen LogP contribution in [0.25, 0.3) is 44.3 Å². The fraction of sp³-hybridized carbons (Fsp3) is 0.0357. The van der Waals surface area contributed by atoms with Crippen LogP contribution in [0, 0.1) is 6.92 Å². The van der Waals surface area contributed by atoms with E-state index >= 15 is 0 Å². The zero-order chi connectivity index (χ0) is 24.1. The van der Waals surface area contributed by atoms with Crippen molar-refractivity contribution in [3.8, 4) is 22.4 Å². The molecular formula is C28H16ClNO5. The average molecular weight is 482 g/mol.